The van der Waals surface area contributed by atoms with Crippen LogP contribution in [0.15, 0.2) is 78.9 Å². The van der Waals surface area contributed by atoms with E-state index in [0.717, 1.165) is 17.0 Å². The number of nitrogens with one attached hydrogen (secondary N) is 2. The van der Waals surface area contributed by atoms with Crippen LogP contribution in [-0.4, -0.2) is 18.4 Å². The summed E-state index contributed by atoms with van der Waals surface area (Å²) in [6.45, 7) is 3.98. The standard InChI is InChI=1S/C25H26N2O4/c1-18(2)25(29)27-20-10-8-19(9-11-20)16-26-24(28)17-30-21-12-14-23(15-13-21)31-22-6-4-3-5-7-22/h3-15,18H,16-17H2,1-2H3,(H,26,28)(H,27,29). The first-order valence-corrected chi connectivity index (χ1v) is 10.1. The SMILES string of the molecule is CC(C)C(=O)Nc1ccc(CNC(=O)COc2ccc(Oc3ccccc3)cc2)cc1. The minimum Gasteiger partial charge on any atom is -0.484 e. The van der Waals surface area contributed by atoms with Crippen LogP contribution in [0.2, 0.25) is 0 Å². The lowest BCUT2D eigenvalue weighted by Gasteiger charge is -2.10. The molecule has 2 amide bonds. The van der Waals surface area contributed by atoms with Crippen molar-refractivity contribution in [2.75, 3.05) is 11.9 Å². The molecule has 0 heterocycles. The monoisotopic (exact) mass is 418 g/mol. The summed E-state index contributed by atoms with van der Waals surface area (Å²) < 4.78 is 11.3. The van der Waals surface area contributed by atoms with E-state index in [-0.39, 0.29) is 24.3 Å². The summed E-state index contributed by atoms with van der Waals surface area (Å²) in [5.74, 6) is 1.70. The van der Waals surface area contributed by atoms with Gasteiger partial charge >= 0.3 is 0 Å². The van der Waals surface area contributed by atoms with E-state index in [0.29, 0.717) is 18.0 Å². The van der Waals surface area contributed by atoms with Gasteiger partial charge in [0, 0.05) is 18.2 Å². The predicted molar refractivity (Wildman–Crippen MR) is 120 cm³/mol. The van der Waals surface area contributed by atoms with Crippen molar-refractivity contribution in [3.63, 3.8) is 0 Å². The Morgan fingerprint density at radius 3 is 2.06 bits per heavy atom. The molecule has 0 atom stereocenters. The van der Waals surface area contributed by atoms with Gasteiger partial charge in [-0.2, -0.15) is 0 Å². The molecule has 2 N–H and O–H groups in total. The summed E-state index contributed by atoms with van der Waals surface area (Å²) in [6.07, 6.45) is 0. The van der Waals surface area contributed by atoms with Gasteiger partial charge in [0.2, 0.25) is 5.91 Å². The van der Waals surface area contributed by atoms with Crippen LogP contribution < -0.4 is 20.1 Å². The summed E-state index contributed by atoms with van der Waals surface area (Å²) in [6, 6.07) is 24.0. The molecule has 31 heavy (non-hydrogen) atoms. The maximum absolute atomic E-state index is 12.1. The maximum atomic E-state index is 12.1. The summed E-state index contributed by atoms with van der Waals surface area (Å²) in [5.41, 5.74) is 1.66. The van der Waals surface area contributed by atoms with Gasteiger partial charge < -0.3 is 20.1 Å². The molecule has 0 aliphatic rings. The van der Waals surface area contributed by atoms with Gasteiger partial charge in [0.05, 0.1) is 0 Å². The van der Waals surface area contributed by atoms with Gasteiger partial charge in [-0.15, -0.1) is 0 Å². The van der Waals surface area contributed by atoms with Crippen molar-refractivity contribution in [3.05, 3.63) is 84.4 Å². The van der Waals surface area contributed by atoms with E-state index in [1.807, 2.05) is 68.4 Å². The molecule has 0 radical (unpaired) electrons. The molecular formula is C25H26N2O4. The zero-order valence-corrected chi connectivity index (χ0v) is 17.6. The molecule has 0 fully saturated rings. The number of rotatable bonds is 9. The largest absolute Gasteiger partial charge is 0.484 e. The third kappa shape index (κ3) is 7.19. The van der Waals surface area contributed by atoms with Crippen LogP contribution in [0.3, 0.4) is 0 Å². The molecule has 0 aliphatic heterocycles. The molecule has 0 aromatic heterocycles. The second-order valence-corrected chi connectivity index (χ2v) is 7.29. The number of anilines is 1. The first kappa shape index (κ1) is 21.9. The van der Waals surface area contributed by atoms with E-state index < -0.39 is 0 Å². The Morgan fingerprint density at radius 1 is 0.806 bits per heavy atom. The van der Waals surface area contributed by atoms with Crippen molar-refractivity contribution >= 4 is 17.5 Å². The summed E-state index contributed by atoms with van der Waals surface area (Å²) in [4.78, 5) is 23.8. The third-order valence-electron chi connectivity index (χ3n) is 4.41. The average Bonchev–Trinajstić information content (AvgIpc) is 2.79. The molecule has 0 unspecified atom stereocenters. The van der Waals surface area contributed by atoms with Crippen LogP contribution in [0.25, 0.3) is 0 Å². The summed E-state index contributed by atoms with van der Waals surface area (Å²) in [7, 11) is 0. The van der Waals surface area contributed by atoms with Gasteiger partial charge in [0.25, 0.3) is 5.91 Å². The number of hydrogen-bond donors (Lipinski definition) is 2. The van der Waals surface area contributed by atoms with E-state index in [9.17, 15) is 9.59 Å². The molecule has 0 saturated carbocycles. The minimum atomic E-state index is -0.221. The second kappa shape index (κ2) is 10.8. The van der Waals surface area contributed by atoms with Gasteiger partial charge in [-0.25, -0.2) is 0 Å². The third-order valence-corrected chi connectivity index (χ3v) is 4.41. The number of ether oxygens (including phenoxy) is 2. The first-order valence-electron chi connectivity index (χ1n) is 10.1. The fourth-order valence-corrected chi connectivity index (χ4v) is 2.62. The van der Waals surface area contributed by atoms with Crippen molar-refractivity contribution in [1.29, 1.82) is 0 Å². The van der Waals surface area contributed by atoms with Gasteiger partial charge in [0.15, 0.2) is 6.61 Å². The minimum absolute atomic E-state index is 0.0298. The maximum Gasteiger partial charge on any atom is 0.258 e. The van der Waals surface area contributed by atoms with E-state index >= 15 is 0 Å². The van der Waals surface area contributed by atoms with Crippen molar-refractivity contribution in [2.24, 2.45) is 5.92 Å². The van der Waals surface area contributed by atoms with E-state index in [1.165, 1.54) is 0 Å². The highest BCUT2D eigenvalue weighted by atomic mass is 16.5. The van der Waals surface area contributed by atoms with Crippen LogP contribution >= 0.6 is 0 Å². The molecule has 0 spiro atoms. The molecular weight excluding hydrogens is 392 g/mol. The Balaban J connectivity index is 1.40. The number of amides is 2. The topological polar surface area (TPSA) is 76.7 Å². The number of carbonyl (C=O) groups excluding carboxylic acids is 2. The fraction of sp³-hybridized carbons (Fsp3) is 0.200. The van der Waals surface area contributed by atoms with Crippen LogP contribution in [-0.2, 0) is 16.1 Å². The van der Waals surface area contributed by atoms with Crippen molar-refractivity contribution in [3.8, 4) is 17.2 Å². The normalized spacial score (nSPS) is 10.4. The van der Waals surface area contributed by atoms with Crippen LogP contribution in [0.4, 0.5) is 5.69 Å². The van der Waals surface area contributed by atoms with Crippen molar-refractivity contribution < 1.29 is 19.1 Å². The van der Waals surface area contributed by atoms with Crippen LogP contribution in [0, 0.1) is 5.92 Å². The first-order chi connectivity index (χ1) is 15.0. The highest BCUT2D eigenvalue weighted by Gasteiger charge is 2.07. The second-order valence-electron chi connectivity index (χ2n) is 7.29. The summed E-state index contributed by atoms with van der Waals surface area (Å²) in [5, 5.41) is 5.65. The molecule has 6 nitrogen and oxygen atoms in total. The number of carbonyl (C=O) groups is 2. The highest BCUT2D eigenvalue weighted by molar-refractivity contribution is 5.92. The molecule has 3 rings (SSSR count). The Morgan fingerprint density at radius 2 is 1.42 bits per heavy atom. The van der Waals surface area contributed by atoms with Gasteiger partial charge in [-0.3, -0.25) is 9.59 Å². The van der Waals surface area contributed by atoms with Gasteiger partial charge in [-0.1, -0.05) is 44.2 Å². The average molecular weight is 418 g/mol. The highest BCUT2D eigenvalue weighted by Crippen LogP contribution is 2.23. The van der Waals surface area contributed by atoms with E-state index in [2.05, 4.69) is 10.6 Å². The molecule has 160 valence electrons. The van der Waals surface area contributed by atoms with Gasteiger partial charge in [0.1, 0.15) is 17.2 Å². The molecule has 0 saturated heterocycles. The van der Waals surface area contributed by atoms with E-state index in [4.69, 9.17) is 9.47 Å². The van der Waals surface area contributed by atoms with Gasteiger partial charge in [-0.05, 0) is 54.1 Å². The Hall–Kier alpha value is -3.80. The predicted octanol–water partition coefficient (Wildman–Crippen LogP) is 4.77. The molecule has 0 bridgehead atoms. The quantitative estimate of drug-likeness (QED) is 0.525. The Bertz CT molecular complexity index is 984. The fourth-order valence-electron chi connectivity index (χ4n) is 2.62. The smallest absolute Gasteiger partial charge is 0.258 e. The number of benzene rings is 3. The molecule has 0 aliphatic carbocycles. The lowest BCUT2D eigenvalue weighted by Crippen LogP contribution is -2.28. The molecule has 6 heteroatoms. The summed E-state index contributed by atoms with van der Waals surface area (Å²) >= 11 is 0. The zero-order chi connectivity index (χ0) is 22.1. The van der Waals surface area contributed by atoms with Crippen molar-refractivity contribution in [1.82, 2.24) is 5.32 Å². The van der Waals surface area contributed by atoms with Crippen LogP contribution in [0.1, 0.15) is 19.4 Å². The van der Waals surface area contributed by atoms with Crippen molar-refractivity contribution in [2.45, 2.75) is 20.4 Å². The van der Waals surface area contributed by atoms with Crippen LogP contribution in [0.5, 0.6) is 17.2 Å². The lowest BCUT2D eigenvalue weighted by atomic mass is 10.1. The Labute approximate surface area is 182 Å². The Kier molecular flexibility index (Phi) is 7.65. The van der Waals surface area contributed by atoms with E-state index in [1.54, 1.807) is 24.3 Å². The number of para-hydroxylation sites is 1. The molecule has 3 aromatic rings. The number of hydrogen-bond acceptors (Lipinski definition) is 4. The molecule has 3 aromatic carbocycles. The zero-order valence-electron chi connectivity index (χ0n) is 17.6. The lowest BCUT2D eigenvalue weighted by molar-refractivity contribution is -0.123.